The molecule has 8 heteroatoms. The van der Waals surface area contributed by atoms with Crippen molar-refractivity contribution in [1.29, 1.82) is 0 Å². The molecule has 0 saturated heterocycles. The molecule has 5 nitrogen and oxygen atoms in total. The van der Waals surface area contributed by atoms with Crippen molar-refractivity contribution in [1.82, 2.24) is 15.3 Å². The number of benzene rings is 1. The third kappa shape index (κ3) is 3.74. The first-order valence-corrected chi connectivity index (χ1v) is 6.10. The zero-order chi connectivity index (χ0) is 15.5. The molecule has 0 saturated carbocycles. The maximum atomic E-state index is 12.7. The van der Waals surface area contributed by atoms with Crippen molar-refractivity contribution in [3.8, 4) is 0 Å². The van der Waals surface area contributed by atoms with Gasteiger partial charge in [-0.15, -0.1) is 0 Å². The van der Waals surface area contributed by atoms with Gasteiger partial charge in [0.15, 0.2) is 0 Å². The zero-order valence-electron chi connectivity index (χ0n) is 10.9. The number of H-pyrrole nitrogens is 1. The summed E-state index contributed by atoms with van der Waals surface area (Å²) in [5.41, 5.74) is 4.60. The Morgan fingerprint density at radius 3 is 2.76 bits per heavy atom. The smallest absolute Gasteiger partial charge is 0.398 e. The van der Waals surface area contributed by atoms with Gasteiger partial charge in [-0.1, -0.05) is 0 Å². The van der Waals surface area contributed by atoms with Gasteiger partial charge in [0.05, 0.1) is 11.9 Å². The van der Waals surface area contributed by atoms with Crippen molar-refractivity contribution in [3.63, 3.8) is 0 Å². The standard InChI is InChI=1S/C13H13F3N4O/c14-13(15,16)10-5-8(1-2-11(10)17)12(21)19-4-3-9-6-18-7-20-9/h1-2,5-7H,3-4,17H2,(H,18,20)(H,19,21). The van der Waals surface area contributed by atoms with Crippen molar-refractivity contribution < 1.29 is 18.0 Å². The summed E-state index contributed by atoms with van der Waals surface area (Å²) in [6, 6.07) is 3.09. The number of amides is 1. The van der Waals surface area contributed by atoms with Gasteiger partial charge < -0.3 is 16.0 Å². The summed E-state index contributed by atoms with van der Waals surface area (Å²) < 4.78 is 38.1. The maximum Gasteiger partial charge on any atom is 0.418 e. The number of aromatic amines is 1. The Kier molecular flexibility index (Phi) is 4.15. The highest BCUT2D eigenvalue weighted by molar-refractivity contribution is 5.94. The molecule has 2 rings (SSSR count). The summed E-state index contributed by atoms with van der Waals surface area (Å²) in [6.07, 6.45) is -0.965. The number of nitrogens with one attached hydrogen (secondary N) is 2. The minimum absolute atomic E-state index is 0.0823. The number of alkyl halides is 3. The summed E-state index contributed by atoms with van der Waals surface area (Å²) in [6.45, 7) is 0.284. The summed E-state index contributed by atoms with van der Waals surface area (Å²) in [7, 11) is 0. The second-order valence-electron chi connectivity index (χ2n) is 4.38. The Labute approximate surface area is 118 Å². The molecule has 0 atom stereocenters. The van der Waals surface area contributed by atoms with Gasteiger partial charge in [0.25, 0.3) is 5.91 Å². The number of nitrogen functional groups attached to an aromatic ring is 1. The lowest BCUT2D eigenvalue weighted by Crippen LogP contribution is -2.26. The molecule has 0 fully saturated rings. The van der Waals surface area contributed by atoms with Crippen molar-refractivity contribution in [2.24, 2.45) is 0 Å². The molecule has 1 amide bonds. The van der Waals surface area contributed by atoms with Crippen LogP contribution >= 0.6 is 0 Å². The number of imidazole rings is 1. The first-order valence-electron chi connectivity index (χ1n) is 6.10. The van der Waals surface area contributed by atoms with Gasteiger partial charge in [-0.2, -0.15) is 13.2 Å². The van der Waals surface area contributed by atoms with Gasteiger partial charge in [0.2, 0.25) is 0 Å². The van der Waals surface area contributed by atoms with Gasteiger partial charge in [-0.3, -0.25) is 4.79 Å². The number of aromatic nitrogens is 2. The summed E-state index contributed by atoms with van der Waals surface area (Å²) >= 11 is 0. The third-order valence-corrected chi connectivity index (χ3v) is 2.86. The molecule has 0 bridgehead atoms. The van der Waals surface area contributed by atoms with E-state index in [4.69, 9.17) is 5.73 Å². The Hall–Kier alpha value is -2.51. The van der Waals surface area contributed by atoms with Gasteiger partial charge in [0, 0.05) is 36.1 Å². The molecule has 0 unspecified atom stereocenters. The number of nitrogens with zero attached hydrogens (tertiary/aromatic N) is 1. The van der Waals surface area contributed by atoms with E-state index < -0.39 is 23.3 Å². The fraction of sp³-hybridized carbons (Fsp3) is 0.231. The number of anilines is 1. The molecular formula is C13H13F3N4O. The zero-order valence-corrected chi connectivity index (χ0v) is 10.9. The van der Waals surface area contributed by atoms with Crippen molar-refractivity contribution >= 4 is 11.6 Å². The highest BCUT2D eigenvalue weighted by atomic mass is 19.4. The van der Waals surface area contributed by atoms with Crippen LogP contribution in [0.25, 0.3) is 0 Å². The number of carbonyl (C=O) groups is 1. The van der Waals surface area contributed by atoms with Crippen molar-refractivity contribution in [2.45, 2.75) is 12.6 Å². The van der Waals surface area contributed by atoms with Crippen LogP contribution in [-0.4, -0.2) is 22.4 Å². The van der Waals surface area contributed by atoms with Crippen LogP contribution in [0.4, 0.5) is 18.9 Å². The molecule has 0 aliphatic heterocycles. The highest BCUT2D eigenvalue weighted by Crippen LogP contribution is 2.33. The topological polar surface area (TPSA) is 83.8 Å². The normalized spacial score (nSPS) is 11.4. The van der Waals surface area contributed by atoms with Gasteiger partial charge >= 0.3 is 6.18 Å². The van der Waals surface area contributed by atoms with Crippen LogP contribution < -0.4 is 11.1 Å². The van der Waals surface area contributed by atoms with Crippen LogP contribution in [0.1, 0.15) is 21.6 Å². The van der Waals surface area contributed by atoms with E-state index in [-0.39, 0.29) is 12.1 Å². The lowest BCUT2D eigenvalue weighted by molar-refractivity contribution is -0.136. The minimum Gasteiger partial charge on any atom is -0.398 e. The van der Waals surface area contributed by atoms with Crippen LogP contribution in [0.15, 0.2) is 30.7 Å². The van der Waals surface area contributed by atoms with Crippen LogP contribution in [0.3, 0.4) is 0 Å². The molecule has 0 aliphatic carbocycles. The number of hydrogen-bond acceptors (Lipinski definition) is 3. The fourth-order valence-electron chi connectivity index (χ4n) is 1.78. The van der Waals surface area contributed by atoms with Gasteiger partial charge in [-0.05, 0) is 18.2 Å². The lowest BCUT2D eigenvalue weighted by atomic mass is 10.1. The predicted molar refractivity (Wildman–Crippen MR) is 70.5 cm³/mol. The second kappa shape index (κ2) is 5.86. The maximum absolute atomic E-state index is 12.7. The predicted octanol–water partition coefficient (Wildman–Crippen LogP) is 1.98. The van der Waals surface area contributed by atoms with E-state index in [2.05, 4.69) is 15.3 Å². The molecule has 21 heavy (non-hydrogen) atoms. The van der Waals surface area contributed by atoms with Crippen LogP contribution in [-0.2, 0) is 12.6 Å². The lowest BCUT2D eigenvalue weighted by Gasteiger charge is -2.11. The molecule has 4 N–H and O–H groups in total. The van der Waals surface area contributed by atoms with Crippen molar-refractivity contribution in [2.75, 3.05) is 12.3 Å². The number of halogens is 3. The van der Waals surface area contributed by atoms with E-state index in [1.807, 2.05) is 0 Å². The van der Waals surface area contributed by atoms with E-state index >= 15 is 0 Å². The first kappa shape index (κ1) is 14.9. The van der Waals surface area contributed by atoms with Crippen LogP contribution in [0, 0.1) is 0 Å². The summed E-state index contributed by atoms with van der Waals surface area (Å²) in [4.78, 5) is 18.5. The third-order valence-electron chi connectivity index (χ3n) is 2.86. The average molecular weight is 298 g/mol. The molecule has 2 aromatic rings. The Bertz CT molecular complexity index is 623. The molecule has 1 heterocycles. The van der Waals surface area contributed by atoms with E-state index in [9.17, 15) is 18.0 Å². The summed E-state index contributed by atoms with van der Waals surface area (Å²) in [5, 5.41) is 2.54. The first-order chi connectivity index (χ1) is 9.88. The van der Waals surface area contributed by atoms with Crippen LogP contribution in [0.2, 0.25) is 0 Å². The quantitative estimate of drug-likeness (QED) is 0.755. The second-order valence-corrected chi connectivity index (χ2v) is 4.38. The Balaban J connectivity index is 2.02. The number of rotatable bonds is 4. The van der Waals surface area contributed by atoms with E-state index in [1.54, 1.807) is 6.20 Å². The van der Waals surface area contributed by atoms with Crippen LogP contribution in [0.5, 0.6) is 0 Å². The number of carbonyl (C=O) groups excluding carboxylic acids is 1. The Morgan fingerprint density at radius 2 is 2.14 bits per heavy atom. The largest absolute Gasteiger partial charge is 0.418 e. The van der Waals surface area contributed by atoms with Gasteiger partial charge in [-0.25, -0.2) is 4.98 Å². The van der Waals surface area contributed by atoms with E-state index in [1.165, 1.54) is 12.4 Å². The molecule has 0 aliphatic rings. The van der Waals surface area contributed by atoms with Gasteiger partial charge in [0.1, 0.15) is 0 Å². The molecule has 1 aromatic heterocycles. The SMILES string of the molecule is Nc1ccc(C(=O)NCCc2cnc[nH]2)cc1C(F)(F)F. The summed E-state index contributed by atoms with van der Waals surface area (Å²) in [5.74, 6) is -0.583. The highest BCUT2D eigenvalue weighted by Gasteiger charge is 2.33. The van der Waals surface area contributed by atoms with E-state index in [0.29, 0.717) is 6.42 Å². The molecule has 0 radical (unpaired) electrons. The molecular weight excluding hydrogens is 285 g/mol. The number of nitrogens with two attached hydrogens (primary N) is 1. The van der Waals surface area contributed by atoms with E-state index in [0.717, 1.165) is 17.8 Å². The average Bonchev–Trinajstić information content (AvgIpc) is 2.91. The molecule has 1 aromatic carbocycles. The Morgan fingerprint density at radius 1 is 1.38 bits per heavy atom. The number of hydrogen-bond donors (Lipinski definition) is 3. The molecule has 112 valence electrons. The van der Waals surface area contributed by atoms with Crippen molar-refractivity contribution in [3.05, 3.63) is 47.5 Å². The molecule has 0 spiro atoms. The fourth-order valence-corrected chi connectivity index (χ4v) is 1.78. The monoisotopic (exact) mass is 298 g/mol. The minimum atomic E-state index is -4.59.